The lowest BCUT2D eigenvalue weighted by atomic mass is 10.2. The summed E-state index contributed by atoms with van der Waals surface area (Å²) in [6.45, 7) is 7.84. The molecule has 116 valence electrons. The summed E-state index contributed by atoms with van der Waals surface area (Å²) in [5.41, 5.74) is 1.40. The summed E-state index contributed by atoms with van der Waals surface area (Å²) in [5.74, 6) is -0.428. The molecule has 1 rings (SSSR count). The molecular formula is C16H25N2O3+. The Morgan fingerprint density at radius 3 is 2.24 bits per heavy atom. The Bertz CT molecular complexity index is 489. The second kappa shape index (κ2) is 7.22. The van der Waals surface area contributed by atoms with Crippen molar-refractivity contribution in [2.75, 3.05) is 25.5 Å². The summed E-state index contributed by atoms with van der Waals surface area (Å²) < 4.78 is 5.23. The number of ether oxygens (including phenoxy) is 1. The number of anilines is 1. The first-order valence-electron chi connectivity index (χ1n) is 7.05. The number of hydrogen-bond donors (Lipinski definition) is 2. The van der Waals surface area contributed by atoms with Crippen molar-refractivity contribution < 1.29 is 19.2 Å². The molecule has 0 fully saturated rings. The van der Waals surface area contributed by atoms with Crippen LogP contribution in [-0.4, -0.2) is 37.6 Å². The number of likely N-dealkylation sites (N-methyl/N-ethyl adjacent to an activating group) is 1. The van der Waals surface area contributed by atoms with Crippen LogP contribution in [0.3, 0.4) is 0 Å². The molecule has 5 nitrogen and oxygen atoms in total. The van der Waals surface area contributed by atoms with E-state index in [1.54, 1.807) is 7.05 Å². The summed E-state index contributed by atoms with van der Waals surface area (Å²) in [6.07, 6.45) is 0. The Hall–Kier alpha value is -1.88. The number of benzene rings is 1. The van der Waals surface area contributed by atoms with Gasteiger partial charge in [0, 0.05) is 5.69 Å². The second-order valence-electron chi connectivity index (χ2n) is 6.31. The van der Waals surface area contributed by atoms with Crippen LogP contribution < -0.4 is 10.2 Å². The predicted octanol–water partition coefficient (Wildman–Crippen LogP) is 0.790. The quantitative estimate of drug-likeness (QED) is 0.789. The molecule has 5 heteroatoms. The van der Waals surface area contributed by atoms with Crippen LogP contribution in [0.2, 0.25) is 0 Å². The van der Waals surface area contributed by atoms with Gasteiger partial charge in [-0.3, -0.25) is 4.79 Å². The van der Waals surface area contributed by atoms with Crippen LogP contribution in [0.15, 0.2) is 24.3 Å². The summed E-state index contributed by atoms with van der Waals surface area (Å²) in [6, 6.07) is 7.59. The third kappa shape index (κ3) is 7.46. The molecule has 21 heavy (non-hydrogen) atoms. The Balaban J connectivity index is 2.40. The first-order chi connectivity index (χ1) is 9.65. The van der Waals surface area contributed by atoms with E-state index >= 15 is 0 Å². The minimum atomic E-state index is -0.498. The van der Waals surface area contributed by atoms with Crippen molar-refractivity contribution in [2.45, 2.75) is 33.3 Å². The zero-order valence-electron chi connectivity index (χ0n) is 13.4. The van der Waals surface area contributed by atoms with E-state index < -0.39 is 5.60 Å². The highest BCUT2D eigenvalue weighted by molar-refractivity contribution is 5.91. The van der Waals surface area contributed by atoms with Gasteiger partial charge in [-0.25, -0.2) is 4.79 Å². The van der Waals surface area contributed by atoms with Crippen LogP contribution >= 0.6 is 0 Å². The van der Waals surface area contributed by atoms with E-state index in [0.717, 1.165) is 16.2 Å². The summed E-state index contributed by atoms with van der Waals surface area (Å²) in [5, 5.41) is 2.81. The Morgan fingerprint density at radius 1 is 1.14 bits per heavy atom. The van der Waals surface area contributed by atoms with Gasteiger partial charge in [0.05, 0.1) is 7.05 Å². The van der Waals surface area contributed by atoms with Gasteiger partial charge in [-0.05, 0) is 39.8 Å². The number of rotatable bonds is 5. The molecule has 1 amide bonds. The molecule has 0 saturated heterocycles. The van der Waals surface area contributed by atoms with Crippen molar-refractivity contribution in [2.24, 2.45) is 0 Å². The maximum absolute atomic E-state index is 11.9. The lowest BCUT2D eigenvalue weighted by Gasteiger charge is -2.20. The summed E-state index contributed by atoms with van der Waals surface area (Å²) in [4.78, 5) is 24.3. The first kappa shape index (κ1) is 17.2. The molecule has 0 radical (unpaired) electrons. The van der Waals surface area contributed by atoms with Gasteiger partial charge in [-0.2, -0.15) is 0 Å². The van der Waals surface area contributed by atoms with Crippen molar-refractivity contribution in [3.8, 4) is 0 Å². The van der Waals surface area contributed by atoms with E-state index in [4.69, 9.17) is 4.74 Å². The number of carbonyl (C=O) groups excluding carboxylic acids is 2. The lowest BCUT2D eigenvalue weighted by Crippen LogP contribution is -3.11. The molecule has 0 aliphatic rings. The monoisotopic (exact) mass is 293 g/mol. The van der Waals surface area contributed by atoms with Crippen LogP contribution in [0.5, 0.6) is 0 Å². The zero-order chi connectivity index (χ0) is 16.0. The molecule has 2 N–H and O–H groups in total. The molecule has 1 aromatic rings. The van der Waals surface area contributed by atoms with Gasteiger partial charge in [0.15, 0.2) is 13.1 Å². The Labute approximate surface area is 126 Å². The molecule has 0 aromatic heterocycles. The Kier molecular flexibility index (Phi) is 5.90. The number of quaternary nitrogens is 1. The van der Waals surface area contributed by atoms with Crippen LogP contribution in [0, 0.1) is 6.92 Å². The normalized spacial score (nSPS) is 12.6. The van der Waals surface area contributed by atoms with Gasteiger partial charge in [0.1, 0.15) is 5.60 Å². The topological polar surface area (TPSA) is 59.8 Å². The molecule has 0 bridgehead atoms. The van der Waals surface area contributed by atoms with E-state index in [0.29, 0.717) is 0 Å². The molecule has 0 spiro atoms. The van der Waals surface area contributed by atoms with Crippen molar-refractivity contribution >= 4 is 17.6 Å². The van der Waals surface area contributed by atoms with Crippen molar-refractivity contribution in [1.82, 2.24) is 0 Å². The van der Waals surface area contributed by atoms with E-state index in [2.05, 4.69) is 5.32 Å². The van der Waals surface area contributed by atoms with Gasteiger partial charge in [0.2, 0.25) is 0 Å². The number of nitrogens with one attached hydrogen (secondary N) is 2. The van der Waals surface area contributed by atoms with Crippen molar-refractivity contribution in [1.29, 1.82) is 0 Å². The summed E-state index contributed by atoms with van der Waals surface area (Å²) in [7, 11) is 1.79. The number of carbonyl (C=O) groups is 2. The van der Waals surface area contributed by atoms with Gasteiger partial charge >= 0.3 is 5.97 Å². The van der Waals surface area contributed by atoms with Crippen molar-refractivity contribution in [3.63, 3.8) is 0 Å². The summed E-state index contributed by atoms with van der Waals surface area (Å²) >= 11 is 0. The highest BCUT2D eigenvalue weighted by Crippen LogP contribution is 2.08. The standard InChI is InChI=1S/C16H24N2O3/c1-12-6-8-13(9-7-12)17-14(19)10-18(5)11-15(20)21-16(2,3)4/h6-9H,10-11H2,1-5H3,(H,17,19)/p+1. The maximum atomic E-state index is 11.9. The van der Waals surface area contributed by atoms with Gasteiger partial charge in [-0.1, -0.05) is 17.7 Å². The molecular weight excluding hydrogens is 268 g/mol. The Morgan fingerprint density at radius 2 is 1.71 bits per heavy atom. The average Bonchev–Trinajstić information content (AvgIpc) is 2.28. The predicted molar refractivity (Wildman–Crippen MR) is 82.3 cm³/mol. The molecule has 0 heterocycles. The molecule has 0 aliphatic carbocycles. The highest BCUT2D eigenvalue weighted by Gasteiger charge is 2.20. The van der Waals surface area contributed by atoms with Crippen LogP contribution in [0.1, 0.15) is 26.3 Å². The van der Waals surface area contributed by atoms with Gasteiger partial charge in [-0.15, -0.1) is 0 Å². The van der Waals surface area contributed by atoms with E-state index in [-0.39, 0.29) is 25.0 Å². The van der Waals surface area contributed by atoms with Crippen molar-refractivity contribution in [3.05, 3.63) is 29.8 Å². The number of aryl methyl sites for hydroxylation is 1. The molecule has 1 aromatic carbocycles. The molecule has 0 saturated carbocycles. The lowest BCUT2D eigenvalue weighted by molar-refractivity contribution is -0.863. The third-order valence-corrected chi connectivity index (χ3v) is 2.66. The van der Waals surface area contributed by atoms with E-state index in [9.17, 15) is 9.59 Å². The van der Waals surface area contributed by atoms with Crippen LogP contribution in [-0.2, 0) is 14.3 Å². The van der Waals surface area contributed by atoms with Gasteiger partial charge in [0.25, 0.3) is 5.91 Å². The van der Waals surface area contributed by atoms with E-state index in [1.165, 1.54) is 0 Å². The second-order valence-corrected chi connectivity index (χ2v) is 6.31. The first-order valence-corrected chi connectivity index (χ1v) is 7.05. The third-order valence-electron chi connectivity index (χ3n) is 2.66. The van der Waals surface area contributed by atoms with Crippen LogP contribution in [0.25, 0.3) is 0 Å². The molecule has 0 aliphatic heterocycles. The van der Waals surface area contributed by atoms with Gasteiger partial charge < -0.3 is 15.0 Å². The zero-order valence-corrected chi connectivity index (χ0v) is 13.4. The largest absolute Gasteiger partial charge is 0.456 e. The maximum Gasteiger partial charge on any atom is 0.362 e. The fraction of sp³-hybridized carbons (Fsp3) is 0.500. The smallest absolute Gasteiger partial charge is 0.362 e. The minimum absolute atomic E-state index is 0.125. The fourth-order valence-electron chi connectivity index (χ4n) is 1.80. The number of esters is 1. The SMILES string of the molecule is Cc1ccc(NC(=O)C[NH+](C)CC(=O)OC(C)(C)C)cc1. The molecule has 1 unspecified atom stereocenters. The van der Waals surface area contributed by atoms with E-state index in [1.807, 2.05) is 52.0 Å². The minimum Gasteiger partial charge on any atom is -0.456 e. The average molecular weight is 293 g/mol. The number of amides is 1. The number of hydrogen-bond acceptors (Lipinski definition) is 3. The highest BCUT2D eigenvalue weighted by atomic mass is 16.6. The fourth-order valence-corrected chi connectivity index (χ4v) is 1.80. The molecule has 1 atom stereocenters. The van der Waals surface area contributed by atoms with Crippen LogP contribution in [0.4, 0.5) is 5.69 Å².